The van der Waals surface area contributed by atoms with Gasteiger partial charge in [-0.3, -0.25) is 0 Å². The maximum atomic E-state index is 12.1. The molecule has 6 heteroatoms. The number of aryl methyl sites for hydroxylation is 2. The summed E-state index contributed by atoms with van der Waals surface area (Å²) in [4.78, 5) is 12.1. The summed E-state index contributed by atoms with van der Waals surface area (Å²) in [5, 5.41) is 10.3. The van der Waals surface area contributed by atoms with E-state index in [4.69, 9.17) is 13.9 Å². The highest BCUT2D eigenvalue weighted by molar-refractivity contribution is 5.28. The first-order valence-electron chi connectivity index (χ1n) is 8.80. The van der Waals surface area contributed by atoms with Gasteiger partial charge in [0.2, 0.25) is 5.88 Å². The van der Waals surface area contributed by atoms with Gasteiger partial charge in [-0.25, -0.2) is 9.36 Å². The molecule has 3 aromatic rings. The summed E-state index contributed by atoms with van der Waals surface area (Å²) in [6.07, 6.45) is 1.04. The minimum Gasteiger partial charge on any atom is -0.497 e. The number of rotatable bonds is 8. The van der Waals surface area contributed by atoms with Crippen LogP contribution in [0.1, 0.15) is 23.3 Å². The number of benzene rings is 2. The first-order chi connectivity index (χ1) is 13.1. The molecule has 0 aliphatic carbocycles. The van der Waals surface area contributed by atoms with Gasteiger partial charge in [-0.1, -0.05) is 29.8 Å². The minimum atomic E-state index is -0.572. The summed E-state index contributed by atoms with van der Waals surface area (Å²) in [5.74, 6) is 1.10. The highest BCUT2D eigenvalue weighted by Crippen LogP contribution is 2.20. The molecular weight excluding hydrogens is 346 g/mol. The Bertz CT molecular complexity index is 923. The Balaban J connectivity index is 1.57. The number of aromatic nitrogens is 1. The van der Waals surface area contributed by atoms with Gasteiger partial charge in [0, 0.05) is 6.42 Å². The van der Waals surface area contributed by atoms with Crippen LogP contribution in [0.15, 0.2) is 57.7 Å². The summed E-state index contributed by atoms with van der Waals surface area (Å²) in [5.41, 5.74) is 2.04. The van der Waals surface area contributed by atoms with Gasteiger partial charge in [0.25, 0.3) is 0 Å². The molecule has 0 spiro atoms. The lowest BCUT2D eigenvalue weighted by Crippen LogP contribution is -2.14. The van der Waals surface area contributed by atoms with Crippen molar-refractivity contribution in [2.45, 2.75) is 26.3 Å². The zero-order valence-corrected chi connectivity index (χ0v) is 15.5. The SMILES string of the molecule is COc1ccc(Cn2c(O)c(CCCOc3ccc(C)cc3)oc2=O)cc1. The second-order valence-corrected chi connectivity index (χ2v) is 6.31. The zero-order chi connectivity index (χ0) is 19.2. The van der Waals surface area contributed by atoms with Gasteiger partial charge in [-0.05, 0) is 43.2 Å². The lowest BCUT2D eigenvalue weighted by molar-refractivity contribution is 0.303. The van der Waals surface area contributed by atoms with Crippen molar-refractivity contribution in [2.24, 2.45) is 0 Å². The van der Waals surface area contributed by atoms with Crippen molar-refractivity contribution >= 4 is 0 Å². The summed E-state index contributed by atoms with van der Waals surface area (Å²) in [7, 11) is 1.59. The van der Waals surface area contributed by atoms with E-state index >= 15 is 0 Å². The third-order valence-corrected chi connectivity index (χ3v) is 4.27. The molecule has 0 fully saturated rings. The molecule has 0 saturated carbocycles. The van der Waals surface area contributed by atoms with E-state index in [0.717, 1.165) is 17.1 Å². The molecule has 27 heavy (non-hydrogen) atoms. The van der Waals surface area contributed by atoms with Crippen molar-refractivity contribution in [3.63, 3.8) is 0 Å². The van der Waals surface area contributed by atoms with Crippen LogP contribution in [0.3, 0.4) is 0 Å². The molecule has 1 heterocycles. The molecule has 1 aromatic heterocycles. The average molecular weight is 369 g/mol. The van der Waals surface area contributed by atoms with Gasteiger partial charge >= 0.3 is 5.76 Å². The molecule has 3 rings (SSSR count). The molecule has 0 atom stereocenters. The van der Waals surface area contributed by atoms with Gasteiger partial charge in [0.1, 0.15) is 11.5 Å². The Morgan fingerprint density at radius 3 is 2.37 bits per heavy atom. The first kappa shape index (κ1) is 18.6. The van der Waals surface area contributed by atoms with E-state index in [1.54, 1.807) is 19.2 Å². The van der Waals surface area contributed by atoms with Crippen molar-refractivity contribution in [3.05, 3.63) is 76.0 Å². The minimum absolute atomic E-state index is 0.133. The number of methoxy groups -OCH3 is 1. The molecule has 0 bridgehead atoms. The van der Waals surface area contributed by atoms with Crippen LogP contribution in [0, 0.1) is 6.92 Å². The van der Waals surface area contributed by atoms with Crippen LogP contribution in [-0.4, -0.2) is 23.4 Å². The van der Waals surface area contributed by atoms with E-state index in [-0.39, 0.29) is 18.2 Å². The van der Waals surface area contributed by atoms with E-state index in [0.29, 0.717) is 19.4 Å². The maximum absolute atomic E-state index is 12.1. The molecule has 0 radical (unpaired) electrons. The number of ether oxygens (including phenoxy) is 2. The monoisotopic (exact) mass is 369 g/mol. The molecule has 2 aromatic carbocycles. The van der Waals surface area contributed by atoms with Crippen LogP contribution in [0.4, 0.5) is 0 Å². The quantitative estimate of drug-likeness (QED) is 0.615. The Kier molecular flexibility index (Phi) is 5.86. The van der Waals surface area contributed by atoms with Crippen molar-refractivity contribution in [1.29, 1.82) is 0 Å². The van der Waals surface area contributed by atoms with E-state index in [1.165, 1.54) is 10.1 Å². The lowest BCUT2D eigenvalue weighted by Gasteiger charge is -2.06. The van der Waals surface area contributed by atoms with Crippen LogP contribution < -0.4 is 15.2 Å². The third-order valence-electron chi connectivity index (χ3n) is 4.27. The number of hydrogen-bond donors (Lipinski definition) is 1. The number of oxazole rings is 1. The van der Waals surface area contributed by atoms with Gasteiger partial charge in [0.15, 0.2) is 5.76 Å². The summed E-state index contributed by atoms with van der Waals surface area (Å²) in [6.45, 7) is 2.72. The van der Waals surface area contributed by atoms with Gasteiger partial charge < -0.3 is 19.0 Å². The molecule has 1 N–H and O–H groups in total. The predicted molar refractivity (Wildman–Crippen MR) is 102 cm³/mol. The van der Waals surface area contributed by atoms with E-state index in [1.807, 2.05) is 43.3 Å². The molecule has 0 aliphatic heterocycles. The Labute approximate surface area is 157 Å². The molecule has 0 amide bonds. The lowest BCUT2D eigenvalue weighted by atomic mass is 10.2. The van der Waals surface area contributed by atoms with Gasteiger partial charge in [-0.15, -0.1) is 0 Å². The fourth-order valence-corrected chi connectivity index (χ4v) is 2.72. The molecule has 142 valence electrons. The summed E-state index contributed by atoms with van der Waals surface area (Å²) < 4.78 is 17.2. The zero-order valence-electron chi connectivity index (χ0n) is 15.5. The molecular formula is C21H23NO5. The van der Waals surface area contributed by atoms with Crippen molar-refractivity contribution in [1.82, 2.24) is 4.57 Å². The van der Waals surface area contributed by atoms with Crippen LogP contribution >= 0.6 is 0 Å². The van der Waals surface area contributed by atoms with E-state index < -0.39 is 5.76 Å². The molecule has 0 unspecified atom stereocenters. The van der Waals surface area contributed by atoms with Crippen molar-refractivity contribution in [2.75, 3.05) is 13.7 Å². The van der Waals surface area contributed by atoms with Crippen molar-refractivity contribution in [3.8, 4) is 17.4 Å². The topological polar surface area (TPSA) is 73.8 Å². The highest BCUT2D eigenvalue weighted by atomic mass is 16.5. The largest absolute Gasteiger partial charge is 0.497 e. The average Bonchev–Trinajstić information content (AvgIpc) is 2.95. The summed E-state index contributed by atoms with van der Waals surface area (Å²) >= 11 is 0. The molecule has 6 nitrogen and oxygen atoms in total. The van der Waals surface area contributed by atoms with E-state index in [9.17, 15) is 9.90 Å². The van der Waals surface area contributed by atoms with Gasteiger partial charge in [-0.2, -0.15) is 0 Å². The van der Waals surface area contributed by atoms with E-state index in [2.05, 4.69) is 0 Å². The normalized spacial score (nSPS) is 10.7. The Hall–Kier alpha value is -3.15. The highest BCUT2D eigenvalue weighted by Gasteiger charge is 2.16. The fraction of sp³-hybridized carbons (Fsp3) is 0.286. The Morgan fingerprint density at radius 2 is 1.70 bits per heavy atom. The number of nitrogens with zero attached hydrogens (tertiary/aromatic N) is 1. The third kappa shape index (κ3) is 4.73. The van der Waals surface area contributed by atoms with Crippen LogP contribution in [0.2, 0.25) is 0 Å². The second-order valence-electron chi connectivity index (χ2n) is 6.31. The Morgan fingerprint density at radius 1 is 1.04 bits per heavy atom. The van der Waals surface area contributed by atoms with Crippen LogP contribution in [0.25, 0.3) is 0 Å². The second kappa shape index (κ2) is 8.49. The molecule has 0 aliphatic rings. The number of aromatic hydroxyl groups is 1. The first-order valence-corrected chi connectivity index (χ1v) is 8.80. The summed E-state index contributed by atoms with van der Waals surface area (Å²) in [6, 6.07) is 15.1. The van der Waals surface area contributed by atoms with Crippen LogP contribution in [0.5, 0.6) is 17.4 Å². The maximum Gasteiger partial charge on any atom is 0.422 e. The predicted octanol–water partition coefficient (Wildman–Crippen LogP) is 3.52. The molecule has 0 saturated heterocycles. The number of hydrogen-bond acceptors (Lipinski definition) is 5. The van der Waals surface area contributed by atoms with Crippen LogP contribution in [-0.2, 0) is 13.0 Å². The fourth-order valence-electron chi connectivity index (χ4n) is 2.72. The standard InChI is InChI=1S/C21H23NO5/c1-15-5-9-18(10-6-15)26-13-3-4-19-20(23)22(21(24)27-19)14-16-7-11-17(25-2)12-8-16/h5-12,23H,3-4,13-14H2,1-2H3. The van der Waals surface area contributed by atoms with Crippen molar-refractivity contribution < 1.29 is 19.0 Å². The smallest absolute Gasteiger partial charge is 0.422 e. The van der Waals surface area contributed by atoms with Gasteiger partial charge in [0.05, 0.1) is 20.3 Å².